The van der Waals surface area contributed by atoms with Crippen molar-refractivity contribution in [3.05, 3.63) is 42.7 Å². The van der Waals surface area contributed by atoms with E-state index in [0.717, 1.165) is 11.4 Å². The highest BCUT2D eigenvalue weighted by molar-refractivity contribution is 5.55. The molecule has 0 fully saturated rings. The monoisotopic (exact) mass is 202 g/mol. The Kier molecular flexibility index (Phi) is 2.83. The van der Waals surface area contributed by atoms with Crippen molar-refractivity contribution in [3.8, 4) is 11.4 Å². The molecule has 15 heavy (non-hydrogen) atoms. The molecule has 1 heterocycles. The smallest absolute Gasteiger partial charge is 0.139 e. The Morgan fingerprint density at radius 3 is 2.73 bits per heavy atom. The van der Waals surface area contributed by atoms with Gasteiger partial charge in [0.1, 0.15) is 5.82 Å². The van der Waals surface area contributed by atoms with Crippen molar-refractivity contribution in [2.75, 3.05) is 0 Å². The average Bonchev–Trinajstić information content (AvgIpc) is 2.66. The molecule has 0 aliphatic carbocycles. The molecule has 0 bridgehead atoms. The summed E-state index contributed by atoms with van der Waals surface area (Å²) >= 11 is 0. The van der Waals surface area contributed by atoms with E-state index in [1.165, 1.54) is 0 Å². The van der Waals surface area contributed by atoms with Gasteiger partial charge in [-0.25, -0.2) is 4.98 Å². The van der Waals surface area contributed by atoms with Gasteiger partial charge in [0.25, 0.3) is 0 Å². The van der Waals surface area contributed by atoms with Crippen molar-refractivity contribution in [2.45, 2.75) is 19.6 Å². The number of imidazole rings is 1. The van der Waals surface area contributed by atoms with E-state index in [2.05, 4.69) is 4.98 Å². The molecule has 3 heteroatoms. The lowest BCUT2D eigenvalue weighted by molar-refractivity contribution is 0.174. The van der Waals surface area contributed by atoms with Gasteiger partial charge >= 0.3 is 0 Å². The largest absolute Gasteiger partial charge is 0.392 e. The summed E-state index contributed by atoms with van der Waals surface area (Å²) in [6.07, 6.45) is 3.28. The van der Waals surface area contributed by atoms with E-state index in [0.29, 0.717) is 6.54 Å². The number of aliphatic hydroxyl groups excluding tert-OH is 1. The maximum absolute atomic E-state index is 9.35. The molecule has 0 spiro atoms. The molecule has 0 radical (unpaired) electrons. The Bertz CT molecular complexity index is 420. The van der Waals surface area contributed by atoms with Crippen LogP contribution in [0, 0.1) is 0 Å². The minimum atomic E-state index is -0.360. The number of rotatable bonds is 3. The summed E-state index contributed by atoms with van der Waals surface area (Å²) < 4.78 is 1.96. The molecule has 0 aliphatic rings. The van der Waals surface area contributed by atoms with Crippen LogP contribution >= 0.6 is 0 Å². The Labute approximate surface area is 89.0 Å². The third-order valence-corrected chi connectivity index (χ3v) is 2.21. The zero-order chi connectivity index (χ0) is 10.7. The van der Waals surface area contributed by atoms with Crippen molar-refractivity contribution in [3.63, 3.8) is 0 Å². The highest BCUT2D eigenvalue weighted by atomic mass is 16.3. The van der Waals surface area contributed by atoms with E-state index < -0.39 is 0 Å². The molecule has 3 nitrogen and oxygen atoms in total. The van der Waals surface area contributed by atoms with Gasteiger partial charge in [-0.2, -0.15) is 0 Å². The Morgan fingerprint density at radius 2 is 2.07 bits per heavy atom. The average molecular weight is 202 g/mol. The van der Waals surface area contributed by atoms with Crippen LogP contribution in [-0.2, 0) is 6.54 Å². The summed E-state index contributed by atoms with van der Waals surface area (Å²) in [5.74, 6) is 0.900. The molecule has 0 saturated carbocycles. The third kappa shape index (κ3) is 2.25. The fraction of sp³-hybridized carbons (Fsp3) is 0.250. The van der Waals surface area contributed by atoms with Crippen LogP contribution in [0.3, 0.4) is 0 Å². The van der Waals surface area contributed by atoms with Gasteiger partial charge in [0.15, 0.2) is 0 Å². The lowest BCUT2D eigenvalue weighted by Crippen LogP contribution is -2.11. The van der Waals surface area contributed by atoms with Crippen LogP contribution in [0.4, 0.5) is 0 Å². The standard InChI is InChI=1S/C12H14N2O/c1-10(15)9-14-8-7-13-12(14)11-5-3-2-4-6-11/h2-8,10,15H,9H2,1H3/t10-/m1/s1. The number of nitrogens with zero attached hydrogens (tertiary/aromatic N) is 2. The Hall–Kier alpha value is -1.61. The van der Waals surface area contributed by atoms with E-state index in [1.54, 1.807) is 13.1 Å². The first-order valence-corrected chi connectivity index (χ1v) is 5.02. The van der Waals surface area contributed by atoms with Crippen molar-refractivity contribution in [1.29, 1.82) is 0 Å². The van der Waals surface area contributed by atoms with Crippen molar-refractivity contribution < 1.29 is 5.11 Å². The van der Waals surface area contributed by atoms with Gasteiger partial charge in [-0.05, 0) is 6.92 Å². The Balaban J connectivity index is 2.33. The summed E-state index contributed by atoms with van der Waals surface area (Å²) in [6.45, 7) is 2.35. The first-order valence-electron chi connectivity index (χ1n) is 5.02. The van der Waals surface area contributed by atoms with Crippen LogP contribution in [0.15, 0.2) is 42.7 Å². The van der Waals surface area contributed by atoms with Crippen LogP contribution in [0.25, 0.3) is 11.4 Å². The van der Waals surface area contributed by atoms with Crippen LogP contribution < -0.4 is 0 Å². The van der Waals surface area contributed by atoms with Gasteiger partial charge in [-0.15, -0.1) is 0 Å². The quantitative estimate of drug-likeness (QED) is 0.825. The molecule has 0 unspecified atom stereocenters. The SMILES string of the molecule is C[C@@H](O)Cn1ccnc1-c1ccccc1. The van der Waals surface area contributed by atoms with Crippen LogP contribution in [0.5, 0.6) is 0 Å². The molecule has 1 atom stereocenters. The van der Waals surface area contributed by atoms with Gasteiger partial charge in [0.2, 0.25) is 0 Å². The second-order valence-electron chi connectivity index (χ2n) is 3.62. The molecular weight excluding hydrogens is 188 g/mol. The zero-order valence-corrected chi connectivity index (χ0v) is 8.67. The van der Waals surface area contributed by atoms with Crippen molar-refractivity contribution >= 4 is 0 Å². The maximum atomic E-state index is 9.35. The molecule has 0 aliphatic heterocycles. The van der Waals surface area contributed by atoms with Gasteiger partial charge in [-0.3, -0.25) is 0 Å². The molecule has 2 aromatic rings. The van der Waals surface area contributed by atoms with E-state index in [1.807, 2.05) is 41.1 Å². The van der Waals surface area contributed by atoms with Crippen LogP contribution in [0.1, 0.15) is 6.92 Å². The predicted octanol–water partition coefficient (Wildman–Crippen LogP) is 1.93. The summed E-state index contributed by atoms with van der Waals surface area (Å²) in [5.41, 5.74) is 1.07. The normalized spacial score (nSPS) is 12.7. The first-order chi connectivity index (χ1) is 7.27. The first kappa shape index (κ1) is 9.93. The van der Waals surface area contributed by atoms with E-state index in [9.17, 15) is 5.11 Å². The molecular formula is C12H14N2O. The minimum absolute atomic E-state index is 0.360. The molecule has 1 aromatic carbocycles. The molecule has 1 aromatic heterocycles. The third-order valence-electron chi connectivity index (χ3n) is 2.21. The second kappa shape index (κ2) is 4.28. The number of hydrogen-bond acceptors (Lipinski definition) is 2. The fourth-order valence-electron chi connectivity index (χ4n) is 1.59. The Morgan fingerprint density at radius 1 is 1.33 bits per heavy atom. The highest BCUT2D eigenvalue weighted by Crippen LogP contribution is 2.16. The maximum Gasteiger partial charge on any atom is 0.139 e. The topological polar surface area (TPSA) is 38.0 Å². The molecule has 0 saturated heterocycles. The van der Waals surface area contributed by atoms with E-state index in [-0.39, 0.29) is 6.10 Å². The predicted molar refractivity (Wildman–Crippen MR) is 59.3 cm³/mol. The molecule has 0 amide bonds. The van der Waals surface area contributed by atoms with Gasteiger partial charge in [0, 0.05) is 24.5 Å². The number of hydrogen-bond donors (Lipinski definition) is 1. The van der Waals surface area contributed by atoms with Gasteiger partial charge < -0.3 is 9.67 Å². The number of aliphatic hydroxyl groups is 1. The molecule has 1 N–H and O–H groups in total. The van der Waals surface area contributed by atoms with Crippen molar-refractivity contribution in [2.24, 2.45) is 0 Å². The number of benzene rings is 1. The molecule has 78 valence electrons. The fourth-order valence-corrected chi connectivity index (χ4v) is 1.59. The van der Waals surface area contributed by atoms with Gasteiger partial charge in [0.05, 0.1) is 6.10 Å². The van der Waals surface area contributed by atoms with Gasteiger partial charge in [-0.1, -0.05) is 30.3 Å². The van der Waals surface area contributed by atoms with Crippen molar-refractivity contribution in [1.82, 2.24) is 9.55 Å². The second-order valence-corrected chi connectivity index (χ2v) is 3.62. The summed E-state index contributed by atoms with van der Waals surface area (Å²) in [5, 5.41) is 9.35. The zero-order valence-electron chi connectivity index (χ0n) is 8.67. The number of aromatic nitrogens is 2. The lowest BCUT2D eigenvalue weighted by atomic mass is 10.2. The van der Waals surface area contributed by atoms with Crippen LogP contribution in [-0.4, -0.2) is 20.8 Å². The lowest BCUT2D eigenvalue weighted by Gasteiger charge is -2.09. The summed E-state index contributed by atoms with van der Waals surface area (Å²) in [6, 6.07) is 9.97. The van der Waals surface area contributed by atoms with Crippen LogP contribution in [0.2, 0.25) is 0 Å². The summed E-state index contributed by atoms with van der Waals surface area (Å²) in [7, 11) is 0. The minimum Gasteiger partial charge on any atom is -0.392 e. The molecule has 2 rings (SSSR count). The van der Waals surface area contributed by atoms with E-state index >= 15 is 0 Å². The van der Waals surface area contributed by atoms with E-state index in [4.69, 9.17) is 0 Å². The highest BCUT2D eigenvalue weighted by Gasteiger charge is 2.06. The summed E-state index contributed by atoms with van der Waals surface area (Å²) in [4.78, 5) is 4.29.